The average molecular weight is 376 g/mol. The van der Waals surface area contributed by atoms with E-state index in [-0.39, 0.29) is 0 Å². The van der Waals surface area contributed by atoms with E-state index in [2.05, 4.69) is 55.3 Å². The number of rotatable bonds is 13. The zero-order chi connectivity index (χ0) is 19.5. The number of amides is 1. The minimum absolute atomic E-state index is 0.302. The molecule has 1 aromatic rings. The van der Waals surface area contributed by atoms with E-state index in [0.29, 0.717) is 11.9 Å². The Bertz CT molecular complexity index is 543. The molecule has 5 heteroatoms. The molecule has 0 spiro atoms. The van der Waals surface area contributed by atoms with Gasteiger partial charge in [-0.2, -0.15) is 0 Å². The van der Waals surface area contributed by atoms with Crippen LogP contribution in [0, 0.1) is 0 Å². The maximum Gasteiger partial charge on any atom is 0.222 e. The summed E-state index contributed by atoms with van der Waals surface area (Å²) in [6, 6.07) is 8.71. The molecule has 0 aliphatic carbocycles. The fourth-order valence-corrected chi connectivity index (χ4v) is 3.52. The van der Waals surface area contributed by atoms with Gasteiger partial charge in [0.2, 0.25) is 5.91 Å². The third kappa shape index (κ3) is 7.51. The quantitative estimate of drug-likeness (QED) is 0.536. The first-order valence-electron chi connectivity index (χ1n) is 10.6. The molecule has 1 heterocycles. The highest BCUT2D eigenvalue weighted by atomic mass is 16.5. The molecule has 5 nitrogen and oxygen atoms in total. The predicted octanol–water partition coefficient (Wildman–Crippen LogP) is 3.46. The summed E-state index contributed by atoms with van der Waals surface area (Å²) in [6.07, 6.45) is 3.81. The van der Waals surface area contributed by atoms with Crippen LogP contribution in [0.15, 0.2) is 24.3 Å². The minimum Gasteiger partial charge on any atom is -0.494 e. The molecule has 0 bridgehead atoms. The highest BCUT2D eigenvalue weighted by molar-refractivity contribution is 5.77. The zero-order valence-electron chi connectivity index (χ0n) is 17.4. The molecule has 0 radical (unpaired) electrons. The summed E-state index contributed by atoms with van der Waals surface area (Å²) >= 11 is 0. The molecule has 1 aliphatic heterocycles. The van der Waals surface area contributed by atoms with Crippen LogP contribution in [0.3, 0.4) is 0 Å². The van der Waals surface area contributed by atoms with E-state index in [1.807, 2.05) is 4.90 Å². The van der Waals surface area contributed by atoms with Crippen molar-refractivity contribution in [2.75, 3.05) is 45.9 Å². The smallest absolute Gasteiger partial charge is 0.222 e. The number of hydrogen-bond acceptors (Lipinski definition) is 4. The third-order valence-corrected chi connectivity index (χ3v) is 5.39. The Morgan fingerprint density at radius 3 is 2.56 bits per heavy atom. The molecule has 1 unspecified atom stereocenters. The lowest BCUT2D eigenvalue weighted by atomic mass is 10.1. The summed E-state index contributed by atoms with van der Waals surface area (Å²) in [6.45, 7) is 13.4. The highest BCUT2D eigenvalue weighted by Crippen LogP contribution is 2.18. The third-order valence-electron chi connectivity index (χ3n) is 5.39. The van der Waals surface area contributed by atoms with Crippen LogP contribution in [0.4, 0.5) is 0 Å². The van der Waals surface area contributed by atoms with Crippen LogP contribution in [0.1, 0.15) is 58.1 Å². The van der Waals surface area contributed by atoms with Gasteiger partial charge in [-0.25, -0.2) is 0 Å². The molecule has 0 aromatic heterocycles. The second-order valence-electron chi connectivity index (χ2n) is 7.31. The number of benzene rings is 1. The number of nitrogens with one attached hydrogen (secondary N) is 1. The first kappa shape index (κ1) is 21.7. The highest BCUT2D eigenvalue weighted by Gasteiger charge is 2.19. The molecule has 1 amide bonds. The van der Waals surface area contributed by atoms with Gasteiger partial charge >= 0.3 is 0 Å². The van der Waals surface area contributed by atoms with Crippen molar-refractivity contribution < 1.29 is 9.53 Å². The lowest BCUT2D eigenvalue weighted by Gasteiger charge is -2.18. The van der Waals surface area contributed by atoms with Gasteiger partial charge in [-0.05, 0) is 63.5 Å². The monoisotopic (exact) mass is 375 g/mol. The fourth-order valence-electron chi connectivity index (χ4n) is 3.52. The molecule has 0 saturated carbocycles. The number of carbonyl (C=O) groups is 1. The van der Waals surface area contributed by atoms with E-state index < -0.39 is 0 Å². The van der Waals surface area contributed by atoms with Crippen molar-refractivity contribution in [2.45, 2.75) is 52.5 Å². The molecule has 27 heavy (non-hydrogen) atoms. The second-order valence-corrected chi connectivity index (χ2v) is 7.31. The molecule has 1 N–H and O–H groups in total. The van der Waals surface area contributed by atoms with Crippen molar-refractivity contribution in [2.24, 2.45) is 0 Å². The van der Waals surface area contributed by atoms with Crippen molar-refractivity contribution in [1.82, 2.24) is 15.1 Å². The van der Waals surface area contributed by atoms with E-state index in [9.17, 15) is 4.79 Å². The van der Waals surface area contributed by atoms with E-state index in [4.69, 9.17) is 4.74 Å². The lowest BCUT2D eigenvalue weighted by molar-refractivity contribution is -0.127. The SMILES string of the molecule is CCN(CC)CCCOc1ccc(C(C)NCCCN2CCCC2=O)cc1. The van der Waals surface area contributed by atoms with Crippen molar-refractivity contribution in [3.8, 4) is 5.75 Å². The van der Waals surface area contributed by atoms with Gasteiger partial charge in [0.1, 0.15) is 5.75 Å². The molecule has 152 valence electrons. The molecule has 1 aromatic carbocycles. The van der Waals surface area contributed by atoms with Crippen LogP contribution in [-0.4, -0.2) is 61.6 Å². The molecular formula is C22H37N3O2. The first-order chi connectivity index (χ1) is 13.1. The Morgan fingerprint density at radius 1 is 1.19 bits per heavy atom. The standard InChI is InChI=1S/C22H37N3O2/c1-4-24(5-2)15-8-18-27-21-12-10-20(11-13-21)19(3)23-14-7-17-25-16-6-9-22(25)26/h10-13,19,23H,4-9,14-18H2,1-3H3. The van der Waals surface area contributed by atoms with Gasteiger partial charge < -0.3 is 19.9 Å². The van der Waals surface area contributed by atoms with Gasteiger partial charge in [-0.3, -0.25) is 4.79 Å². The van der Waals surface area contributed by atoms with Crippen LogP contribution in [0.5, 0.6) is 5.75 Å². The molecule has 1 saturated heterocycles. The van der Waals surface area contributed by atoms with Crippen molar-refractivity contribution in [3.05, 3.63) is 29.8 Å². The minimum atomic E-state index is 0.302. The molecule has 1 atom stereocenters. The maximum absolute atomic E-state index is 11.6. The summed E-state index contributed by atoms with van der Waals surface area (Å²) in [5, 5.41) is 3.55. The van der Waals surface area contributed by atoms with Crippen molar-refractivity contribution in [1.29, 1.82) is 0 Å². The summed E-state index contributed by atoms with van der Waals surface area (Å²) in [5.41, 5.74) is 1.27. The Hall–Kier alpha value is -1.59. The molecule has 2 rings (SSSR count). The van der Waals surface area contributed by atoms with Gasteiger partial charge in [0.15, 0.2) is 0 Å². The lowest BCUT2D eigenvalue weighted by Crippen LogP contribution is -2.29. The predicted molar refractivity (Wildman–Crippen MR) is 111 cm³/mol. The summed E-state index contributed by atoms with van der Waals surface area (Å²) in [5.74, 6) is 1.26. The van der Waals surface area contributed by atoms with E-state index in [1.54, 1.807) is 0 Å². The molecule has 1 fully saturated rings. The number of carbonyl (C=O) groups excluding carboxylic acids is 1. The average Bonchev–Trinajstić information content (AvgIpc) is 3.10. The van der Waals surface area contributed by atoms with Gasteiger partial charge in [0, 0.05) is 32.1 Å². The fraction of sp³-hybridized carbons (Fsp3) is 0.682. The summed E-state index contributed by atoms with van der Waals surface area (Å²) in [7, 11) is 0. The Kier molecular flexibility index (Phi) is 9.64. The molecule has 1 aliphatic rings. The van der Waals surface area contributed by atoms with Crippen LogP contribution < -0.4 is 10.1 Å². The Balaban J connectivity index is 1.62. The van der Waals surface area contributed by atoms with Crippen LogP contribution in [-0.2, 0) is 4.79 Å². The van der Waals surface area contributed by atoms with Gasteiger partial charge in [0.05, 0.1) is 6.61 Å². The van der Waals surface area contributed by atoms with Gasteiger partial charge in [0.25, 0.3) is 0 Å². The summed E-state index contributed by atoms with van der Waals surface area (Å²) < 4.78 is 5.86. The topological polar surface area (TPSA) is 44.8 Å². The van der Waals surface area contributed by atoms with Crippen LogP contribution in [0.2, 0.25) is 0 Å². The van der Waals surface area contributed by atoms with E-state index >= 15 is 0 Å². The first-order valence-corrected chi connectivity index (χ1v) is 10.6. The number of likely N-dealkylation sites (tertiary alicyclic amines) is 1. The van der Waals surface area contributed by atoms with Gasteiger partial charge in [-0.1, -0.05) is 26.0 Å². The van der Waals surface area contributed by atoms with Crippen molar-refractivity contribution in [3.63, 3.8) is 0 Å². The number of hydrogen-bond donors (Lipinski definition) is 1. The normalized spacial score (nSPS) is 15.6. The second kappa shape index (κ2) is 12.0. The van der Waals surface area contributed by atoms with E-state index in [0.717, 1.165) is 77.3 Å². The van der Waals surface area contributed by atoms with Gasteiger partial charge in [-0.15, -0.1) is 0 Å². The van der Waals surface area contributed by atoms with E-state index in [1.165, 1.54) is 5.56 Å². The Labute approximate surface area is 165 Å². The largest absolute Gasteiger partial charge is 0.494 e. The van der Waals surface area contributed by atoms with Crippen LogP contribution >= 0.6 is 0 Å². The maximum atomic E-state index is 11.6. The number of nitrogens with zero attached hydrogens (tertiary/aromatic N) is 2. The Morgan fingerprint density at radius 2 is 1.93 bits per heavy atom. The summed E-state index contributed by atoms with van der Waals surface area (Å²) in [4.78, 5) is 16.0. The van der Waals surface area contributed by atoms with Crippen LogP contribution in [0.25, 0.3) is 0 Å². The van der Waals surface area contributed by atoms with Crippen molar-refractivity contribution >= 4 is 5.91 Å². The number of ether oxygens (including phenoxy) is 1. The zero-order valence-corrected chi connectivity index (χ0v) is 17.4. The molecular weight excluding hydrogens is 338 g/mol.